The van der Waals surface area contributed by atoms with E-state index in [9.17, 15) is 13.6 Å². The first-order chi connectivity index (χ1) is 8.59. The average molecular weight is 249 g/mol. The number of pyridine rings is 1. The van der Waals surface area contributed by atoms with Crippen molar-refractivity contribution < 1.29 is 18.7 Å². The maximum absolute atomic E-state index is 12.6. The molecule has 0 aliphatic carbocycles. The minimum absolute atomic E-state index is 0.383. The number of alkyl halides is 2. The zero-order valence-corrected chi connectivity index (χ0v) is 9.18. The van der Waals surface area contributed by atoms with E-state index in [1.807, 2.05) is 0 Å². The molecule has 3 nitrogen and oxygen atoms in total. The van der Waals surface area contributed by atoms with E-state index in [0.29, 0.717) is 11.1 Å². The molecular formula is C13H9F2NO2. The lowest BCUT2D eigenvalue weighted by Crippen LogP contribution is -2.03. The van der Waals surface area contributed by atoms with Crippen LogP contribution in [0.15, 0.2) is 42.7 Å². The summed E-state index contributed by atoms with van der Waals surface area (Å²) in [5, 5.41) is 8.94. The minimum atomic E-state index is -2.81. The molecule has 0 unspecified atom stereocenters. The van der Waals surface area contributed by atoms with Crippen LogP contribution < -0.4 is 0 Å². The van der Waals surface area contributed by atoms with Crippen LogP contribution in [0.25, 0.3) is 11.1 Å². The summed E-state index contributed by atoms with van der Waals surface area (Å²) in [5.74, 6) is -1.36. The van der Waals surface area contributed by atoms with Crippen LogP contribution in [-0.4, -0.2) is 16.1 Å². The number of carbonyl (C=O) groups is 1. The minimum Gasteiger partial charge on any atom is -0.478 e. The van der Waals surface area contributed by atoms with E-state index in [0.717, 1.165) is 6.07 Å². The van der Waals surface area contributed by atoms with Crippen molar-refractivity contribution in [3.05, 3.63) is 53.9 Å². The molecule has 1 aromatic heterocycles. The Morgan fingerprint density at radius 2 is 2.00 bits per heavy atom. The Balaban J connectivity index is 2.54. The Kier molecular flexibility index (Phi) is 3.32. The largest absolute Gasteiger partial charge is 0.478 e. The van der Waals surface area contributed by atoms with E-state index < -0.39 is 18.0 Å². The topological polar surface area (TPSA) is 50.2 Å². The second-order valence-electron chi connectivity index (χ2n) is 3.65. The molecule has 0 saturated carbocycles. The summed E-state index contributed by atoms with van der Waals surface area (Å²) in [6, 6.07) is 7.26. The van der Waals surface area contributed by atoms with Crippen LogP contribution in [0.4, 0.5) is 8.78 Å². The first kappa shape index (κ1) is 12.2. The van der Waals surface area contributed by atoms with Crippen LogP contribution in [0.5, 0.6) is 0 Å². The van der Waals surface area contributed by atoms with Crippen LogP contribution in [-0.2, 0) is 0 Å². The highest BCUT2D eigenvalue weighted by Crippen LogP contribution is 2.27. The van der Waals surface area contributed by atoms with E-state index in [-0.39, 0.29) is 5.56 Å². The molecule has 0 amide bonds. The number of aromatic nitrogens is 1. The van der Waals surface area contributed by atoms with E-state index in [1.165, 1.54) is 12.1 Å². The van der Waals surface area contributed by atoms with Gasteiger partial charge in [-0.05, 0) is 17.7 Å². The molecule has 2 aromatic rings. The van der Waals surface area contributed by atoms with Gasteiger partial charge >= 0.3 is 5.97 Å². The predicted molar refractivity (Wildman–Crippen MR) is 61.6 cm³/mol. The number of benzene rings is 1. The highest BCUT2D eigenvalue weighted by Gasteiger charge is 2.18. The third-order valence-corrected chi connectivity index (χ3v) is 2.51. The van der Waals surface area contributed by atoms with Crippen molar-refractivity contribution in [1.82, 2.24) is 4.98 Å². The second kappa shape index (κ2) is 4.91. The van der Waals surface area contributed by atoms with Gasteiger partial charge in [-0.1, -0.05) is 18.2 Å². The number of aromatic carboxylic acids is 1. The molecule has 18 heavy (non-hydrogen) atoms. The smallest absolute Gasteiger partial charge is 0.336 e. The molecule has 1 aromatic carbocycles. The van der Waals surface area contributed by atoms with Crippen LogP contribution in [0.2, 0.25) is 0 Å². The zero-order chi connectivity index (χ0) is 13.1. The predicted octanol–water partition coefficient (Wildman–Crippen LogP) is 3.38. The van der Waals surface area contributed by atoms with Crippen molar-refractivity contribution in [2.24, 2.45) is 0 Å². The summed E-state index contributed by atoms with van der Waals surface area (Å²) in [6.45, 7) is 0. The summed E-state index contributed by atoms with van der Waals surface area (Å²) in [6.07, 6.45) is 0.317. The Hall–Kier alpha value is -2.30. The van der Waals surface area contributed by atoms with E-state index in [1.54, 1.807) is 24.5 Å². The number of hydrogen-bond acceptors (Lipinski definition) is 2. The van der Waals surface area contributed by atoms with E-state index in [2.05, 4.69) is 4.98 Å². The van der Waals surface area contributed by atoms with Gasteiger partial charge in [-0.3, -0.25) is 4.98 Å². The summed E-state index contributed by atoms with van der Waals surface area (Å²) >= 11 is 0. The van der Waals surface area contributed by atoms with Gasteiger partial charge in [-0.25, -0.2) is 13.6 Å². The van der Waals surface area contributed by atoms with Crippen molar-refractivity contribution in [2.75, 3.05) is 0 Å². The summed E-state index contributed by atoms with van der Waals surface area (Å²) < 4.78 is 25.3. The lowest BCUT2D eigenvalue weighted by molar-refractivity contribution is 0.0684. The maximum Gasteiger partial charge on any atom is 0.336 e. The quantitative estimate of drug-likeness (QED) is 0.907. The number of rotatable bonds is 3. The van der Waals surface area contributed by atoms with Crippen molar-refractivity contribution >= 4 is 5.97 Å². The molecule has 0 spiro atoms. The van der Waals surface area contributed by atoms with Gasteiger partial charge in [-0.2, -0.15) is 0 Å². The number of halogens is 2. The molecule has 0 aliphatic rings. The monoisotopic (exact) mass is 249 g/mol. The Morgan fingerprint density at radius 3 is 2.56 bits per heavy atom. The Morgan fingerprint density at radius 1 is 1.22 bits per heavy atom. The molecule has 0 atom stereocenters. The van der Waals surface area contributed by atoms with Crippen molar-refractivity contribution in [2.45, 2.75) is 6.43 Å². The van der Waals surface area contributed by atoms with Gasteiger partial charge in [0.15, 0.2) is 0 Å². The molecule has 92 valence electrons. The fourth-order valence-electron chi connectivity index (χ4n) is 1.64. The van der Waals surface area contributed by atoms with Gasteiger partial charge in [-0.15, -0.1) is 0 Å². The third-order valence-electron chi connectivity index (χ3n) is 2.51. The van der Waals surface area contributed by atoms with Crippen LogP contribution in [0.1, 0.15) is 22.3 Å². The van der Waals surface area contributed by atoms with Gasteiger partial charge in [0, 0.05) is 23.5 Å². The number of nitrogens with zero attached hydrogens (tertiary/aromatic N) is 1. The molecule has 0 aliphatic heterocycles. The van der Waals surface area contributed by atoms with Gasteiger partial charge in [0.05, 0.1) is 5.56 Å². The third kappa shape index (κ3) is 2.34. The van der Waals surface area contributed by atoms with Crippen molar-refractivity contribution in [3.8, 4) is 11.1 Å². The SMILES string of the molecule is O=C(O)c1cc(-c2cccnc2)ccc1C(F)F. The van der Waals surface area contributed by atoms with Gasteiger partial charge in [0.2, 0.25) is 0 Å². The van der Waals surface area contributed by atoms with Gasteiger partial charge in [0.1, 0.15) is 0 Å². The zero-order valence-electron chi connectivity index (χ0n) is 9.18. The Labute approximate surface area is 102 Å². The second-order valence-corrected chi connectivity index (χ2v) is 3.65. The highest BCUT2D eigenvalue weighted by molar-refractivity contribution is 5.91. The van der Waals surface area contributed by atoms with E-state index in [4.69, 9.17) is 5.11 Å². The standard InChI is InChI=1S/C13H9F2NO2/c14-12(15)10-4-3-8(6-11(10)13(17)18)9-2-1-5-16-7-9/h1-7,12H,(H,17,18). The molecule has 2 rings (SSSR count). The first-order valence-electron chi connectivity index (χ1n) is 5.15. The normalized spacial score (nSPS) is 10.6. The van der Waals surface area contributed by atoms with Crippen molar-refractivity contribution in [3.63, 3.8) is 0 Å². The number of hydrogen-bond donors (Lipinski definition) is 1. The number of carboxylic acid groups (broad SMARTS) is 1. The van der Waals surface area contributed by atoms with E-state index >= 15 is 0 Å². The van der Waals surface area contributed by atoms with Crippen molar-refractivity contribution in [1.29, 1.82) is 0 Å². The summed E-state index contributed by atoms with van der Waals surface area (Å²) in [4.78, 5) is 14.9. The molecule has 5 heteroatoms. The molecule has 0 saturated heterocycles. The highest BCUT2D eigenvalue weighted by atomic mass is 19.3. The van der Waals surface area contributed by atoms with Crippen LogP contribution in [0, 0.1) is 0 Å². The van der Waals surface area contributed by atoms with Gasteiger partial charge in [0.25, 0.3) is 6.43 Å². The molecule has 0 radical (unpaired) electrons. The molecule has 1 N–H and O–H groups in total. The van der Waals surface area contributed by atoms with Crippen LogP contribution >= 0.6 is 0 Å². The fraction of sp³-hybridized carbons (Fsp3) is 0.0769. The fourth-order valence-corrected chi connectivity index (χ4v) is 1.64. The van der Waals surface area contributed by atoms with Gasteiger partial charge < -0.3 is 5.11 Å². The Bertz CT molecular complexity index is 570. The number of carboxylic acids is 1. The maximum atomic E-state index is 12.6. The molecular weight excluding hydrogens is 240 g/mol. The average Bonchev–Trinajstić information content (AvgIpc) is 2.39. The first-order valence-corrected chi connectivity index (χ1v) is 5.15. The molecule has 0 bridgehead atoms. The summed E-state index contributed by atoms with van der Waals surface area (Å²) in [5.41, 5.74) is 0.368. The summed E-state index contributed by atoms with van der Waals surface area (Å²) in [7, 11) is 0. The van der Waals surface area contributed by atoms with Crippen LogP contribution in [0.3, 0.4) is 0 Å². The lowest BCUT2D eigenvalue weighted by atomic mass is 10.0. The lowest BCUT2D eigenvalue weighted by Gasteiger charge is -2.08. The molecule has 0 fully saturated rings. The molecule has 1 heterocycles.